The second kappa shape index (κ2) is 10.7. The average molecular weight is 459 g/mol. The Morgan fingerprint density at radius 3 is 2.24 bits per heavy atom. The second-order valence-corrected chi connectivity index (χ2v) is 8.30. The van der Waals surface area contributed by atoms with E-state index in [1.807, 2.05) is 72.5 Å². The fourth-order valence-electron chi connectivity index (χ4n) is 4.09. The van der Waals surface area contributed by atoms with Gasteiger partial charge in [0.05, 0.1) is 19.2 Å². The Hall–Kier alpha value is -4.00. The van der Waals surface area contributed by atoms with Crippen molar-refractivity contribution >= 4 is 29.0 Å². The molecule has 2 N–H and O–H groups in total. The number of urea groups is 1. The lowest BCUT2D eigenvalue weighted by Gasteiger charge is -2.36. The van der Waals surface area contributed by atoms with E-state index in [1.54, 1.807) is 19.2 Å². The van der Waals surface area contributed by atoms with E-state index in [0.29, 0.717) is 36.6 Å². The van der Waals surface area contributed by atoms with Crippen molar-refractivity contribution in [1.82, 2.24) is 4.90 Å². The van der Waals surface area contributed by atoms with Gasteiger partial charge in [-0.2, -0.15) is 0 Å². The van der Waals surface area contributed by atoms with E-state index in [4.69, 9.17) is 4.74 Å². The zero-order chi connectivity index (χ0) is 23.9. The molecule has 4 rings (SSSR count). The Morgan fingerprint density at radius 1 is 0.853 bits per heavy atom. The SMILES string of the molecule is COc1ccccc1NC(=O)Nc1ccc(N2CCN(C(=O)Cc3ccccc3C)CC2)cc1. The van der Waals surface area contributed by atoms with Gasteiger partial charge in [0.25, 0.3) is 0 Å². The van der Waals surface area contributed by atoms with E-state index in [9.17, 15) is 9.59 Å². The number of nitrogens with one attached hydrogen (secondary N) is 2. The highest BCUT2D eigenvalue weighted by atomic mass is 16.5. The van der Waals surface area contributed by atoms with Gasteiger partial charge in [0.1, 0.15) is 5.75 Å². The fourth-order valence-corrected chi connectivity index (χ4v) is 4.09. The summed E-state index contributed by atoms with van der Waals surface area (Å²) in [7, 11) is 1.57. The molecule has 3 amide bonds. The van der Waals surface area contributed by atoms with E-state index in [-0.39, 0.29) is 11.9 Å². The Balaban J connectivity index is 1.28. The Morgan fingerprint density at radius 2 is 1.53 bits per heavy atom. The predicted molar refractivity (Wildman–Crippen MR) is 136 cm³/mol. The second-order valence-electron chi connectivity index (χ2n) is 8.30. The lowest BCUT2D eigenvalue weighted by atomic mass is 10.1. The molecule has 0 saturated carbocycles. The first kappa shape index (κ1) is 23.2. The van der Waals surface area contributed by atoms with Crippen LogP contribution in [-0.4, -0.2) is 50.1 Å². The van der Waals surface area contributed by atoms with Crippen molar-refractivity contribution in [2.75, 3.05) is 48.8 Å². The minimum absolute atomic E-state index is 0.176. The van der Waals surface area contributed by atoms with E-state index in [1.165, 1.54) is 0 Å². The maximum absolute atomic E-state index is 12.7. The minimum Gasteiger partial charge on any atom is -0.495 e. The number of piperazine rings is 1. The van der Waals surface area contributed by atoms with Crippen LogP contribution in [0.1, 0.15) is 11.1 Å². The van der Waals surface area contributed by atoms with Gasteiger partial charge in [-0.3, -0.25) is 4.79 Å². The lowest BCUT2D eigenvalue weighted by Crippen LogP contribution is -2.49. The summed E-state index contributed by atoms with van der Waals surface area (Å²) in [4.78, 5) is 29.3. The van der Waals surface area contributed by atoms with Crippen LogP contribution in [0.2, 0.25) is 0 Å². The molecule has 3 aromatic rings. The number of carbonyl (C=O) groups is 2. The van der Waals surface area contributed by atoms with E-state index in [2.05, 4.69) is 15.5 Å². The molecule has 0 aliphatic carbocycles. The predicted octanol–water partition coefficient (Wildman–Crippen LogP) is 4.54. The molecule has 0 atom stereocenters. The third kappa shape index (κ3) is 5.67. The van der Waals surface area contributed by atoms with Crippen molar-refractivity contribution in [3.05, 3.63) is 83.9 Å². The summed E-state index contributed by atoms with van der Waals surface area (Å²) in [6.45, 7) is 5.00. The van der Waals surface area contributed by atoms with Crippen LogP contribution in [0.4, 0.5) is 21.9 Å². The fraction of sp³-hybridized carbons (Fsp3) is 0.259. The number of methoxy groups -OCH3 is 1. The number of amides is 3. The molecule has 176 valence electrons. The van der Waals surface area contributed by atoms with Gasteiger partial charge >= 0.3 is 6.03 Å². The molecule has 1 aliphatic heterocycles. The summed E-state index contributed by atoms with van der Waals surface area (Å²) < 4.78 is 5.26. The number of benzene rings is 3. The van der Waals surface area contributed by atoms with Crippen molar-refractivity contribution < 1.29 is 14.3 Å². The van der Waals surface area contributed by atoms with Crippen molar-refractivity contribution in [3.8, 4) is 5.75 Å². The molecule has 0 spiro atoms. The van der Waals surface area contributed by atoms with Crippen molar-refractivity contribution in [1.29, 1.82) is 0 Å². The molecular weight excluding hydrogens is 428 g/mol. The smallest absolute Gasteiger partial charge is 0.323 e. The molecule has 0 aromatic heterocycles. The van der Waals surface area contributed by atoms with Crippen molar-refractivity contribution in [2.45, 2.75) is 13.3 Å². The molecule has 34 heavy (non-hydrogen) atoms. The molecule has 0 unspecified atom stereocenters. The largest absolute Gasteiger partial charge is 0.495 e. The number of rotatable bonds is 6. The molecule has 0 bridgehead atoms. The zero-order valence-corrected chi connectivity index (χ0v) is 19.6. The normalized spacial score (nSPS) is 13.4. The van der Waals surface area contributed by atoms with Crippen LogP contribution in [0.3, 0.4) is 0 Å². The number of hydrogen-bond donors (Lipinski definition) is 2. The summed E-state index contributed by atoms with van der Waals surface area (Å²) in [5, 5.41) is 5.65. The number of anilines is 3. The molecule has 0 radical (unpaired) electrons. The molecule has 7 nitrogen and oxygen atoms in total. The van der Waals surface area contributed by atoms with Crippen LogP contribution in [0.25, 0.3) is 0 Å². The highest BCUT2D eigenvalue weighted by Gasteiger charge is 2.21. The first-order valence-corrected chi connectivity index (χ1v) is 11.4. The molecule has 1 fully saturated rings. The molecule has 1 aliphatic rings. The van der Waals surface area contributed by atoms with Gasteiger partial charge in [-0.25, -0.2) is 4.79 Å². The van der Waals surface area contributed by atoms with Crippen molar-refractivity contribution in [3.63, 3.8) is 0 Å². The maximum atomic E-state index is 12.7. The number of ether oxygens (including phenoxy) is 1. The number of hydrogen-bond acceptors (Lipinski definition) is 4. The average Bonchev–Trinajstić information content (AvgIpc) is 2.86. The van der Waals surface area contributed by atoms with E-state index in [0.717, 1.165) is 29.9 Å². The minimum atomic E-state index is -0.335. The standard InChI is InChI=1S/C27H30N4O3/c1-20-7-3-4-8-21(20)19-26(32)31-17-15-30(16-18-31)23-13-11-22(12-14-23)28-27(33)29-24-9-5-6-10-25(24)34-2/h3-14H,15-19H2,1-2H3,(H2,28,29,33). The van der Waals surface area contributed by atoms with Gasteiger partial charge < -0.3 is 25.2 Å². The summed E-state index contributed by atoms with van der Waals surface area (Å²) in [5.41, 5.74) is 4.62. The zero-order valence-electron chi connectivity index (χ0n) is 19.6. The summed E-state index contributed by atoms with van der Waals surface area (Å²) >= 11 is 0. The third-order valence-corrected chi connectivity index (χ3v) is 6.08. The molecule has 3 aromatic carbocycles. The summed E-state index contributed by atoms with van der Waals surface area (Å²) in [6, 6.07) is 22.7. The summed E-state index contributed by atoms with van der Waals surface area (Å²) in [6.07, 6.45) is 0.448. The van der Waals surface area contributed by atoms with Gasteiger partial charge in [0.2, 0.25) is 5.91 Å². The van der Waals surface area contributed by atoms with Crippen LogP contribution in [0, 0.1) is 6.92 Å². The Kier molecular flexibility index (Phi) is 7.32. The number of aryl methyl sites for hydroxylation is 1. The van der Waals surface area contributed by atoms with Crippen LogP contribution in [-0.2, 0) is 11.2 Å². The number of carbonyl (C=O) groups excluding carboxylic acids is 2. The Labute approximate surface area is 200 Å². The van der Waals surface area contributed by atoms with Crippen molar-refractivity contribution in [2.24, 2.45) is 0 Å². The topological polar surface area (TPSA) is 73.9 Å². The highest BCUT2D eigenvalue weighted by Crippen LogP contribution is 2.24. The first-order valence-electron chi connectivity index (χ1n) is 11.4. The number of para-hydroxylation sites is 2. The number of nitrogens with zero attached hydrogens (tertiary/aromatic N) is 2. The molecule has 7 heteroatoms. The van der Waals surface area contributed by atoms with Crippen LogP contribution in [0.15, 0.2) is 72.8 Å². The van der Waals surface area contributed by atoms with Crippen LogP contribution < -0.4 is 20.3 Å². The van der Waals surface area contributed by atoms with E-state index >= 15 is 0 Å². The van der Waals surface area contributed by atoms with Crippen LogP contribution in [0.5, 0.6) is 5.75 Å². The maximum Gasteiger partial charge on any atom is 0.323 e. The third-order valence-electron chi connectivity index (χ3n) is 6.08. The van der Waals surface area contributed by atoms with E-state index < -0.39 is 0 Å². The molecular formula is C27H30N4O3. The van der Waals surface area contributed by atoms with Gasteiger partial charge in [0, 0.05) is 37.6 Å². The monoisotopic (exact) mass is 458 g/mol. The van der Waals surface area contributed by atoms with Gasteiger partial charge in [0.15, 0.2) is 0 Å². The first-order chi connectivity index (χ1) is 16.5. The quantitative estimate of drug-likeness (QED) is 0.569. The molecule has 1 saturated heterocycles. The summed E-state index contributed by atoms with van der Waals surface area (Å²) in [5.74, 6) is 0.777. The van der Waals surface area contributed by atoms with Gasteiger partial charge in [-0.05, 0) is 54.4 Å². The Bertz CT molecular complexity index is 1140. The lowest BCUT2D eigenvalue weighted by molar-refractivity contribution is -0.130. The van der Waals surface area contributed by atoms with Gasteiger partial charge in [-0.1, -0.05) is 36.4 Å². The molecule has 1 heterocycles. The highest BCUT2D eigenvalue weighted by molar-refractivity contribution is 6.00. The van der Waals surface area contributed by atoms with Gasteiger partial charge in [-0.15, -0.1) is 0 Å². The van der Waals surface area contributed by atoms with Crippen LogP contribution >= 0.6 is 0 Å².